The molecule has 1 rings (SSSR count). The van der Waals surface area contributed by atoms with Crippen molar-refractivity contribution in [1.82, 2.24) is 15.1 Å². The van der Waals surface area contributed by atoms with Gasteiger partial charge in [-0.3, -0.25) is 4.79 Å². The zero-order valence-corrected chi connectivity index (χ0v) is 10.9. The molecule has 88 valence electrons. The van der Waals surface area contributed by atoms with E-state index in [1.807, 2.05) is 20.8 Å². The number of amides is 1. The van der Waals surface area contributed by atoms with E-state index in [0.29, 0.717) is 6.54 Å². The molecule has 0 saturated carbocycles. The van der Waals surface area contributed by atoms with Crippen LogP contribution in [0.4, 0.5) is 0 Å². The lowest BCUT2D eigenvalue weighted by Crippen LogP contribution is -2.37. The van der Waals surface area contributed by atoms with Crippen LogP contribution in [0.5, 0.6) is 0 Å². The highest BCUT2D eigenvalue weighted by Gasteiger charge is 2.20. The Kier molecular flexibility index (Phi) is 4.50. The fourth-order valence-electron chi connectivity index (χ4n) is 1.40. The first-order valence-electron chi connectivity index (χ1n) is 4.97. The molecule has 1 aromatic rings. The summed E-state index contributed by atoms with van der Waals surface area (Å²) in [4.78, 5) is 13.8. The summed E-state index contributed by atoms with van der Waals surface area (Å²) in [5.74, 6) is -0.181. The highest BCUT2D eigenvalue weighted by molar-refractivity contribution is 6.34. The summed E-state index contributed by atoms with van der Waals surface area (Å²) in [7, 11) is 0. The Labute approximate surface area is 105 Å². The van der Waals surface area contributed by atoms with Crippen LogP contribution in [0, 0.1) is 0 Å². The lowest BCUT2D eigenvalue weighted by molar-refractivity contribution is 0.0716. The quantitative estimate of drug-likeness (QED) is 0.841. The summed E-state index contributed by atoms with van der Waals surface area (Å²) in [5, 5.41) is 7.41. The third-order valence-corrected chi connectivity index (χ3v) is 2.64. The van der Waals surface area contributed by atoms with Crippen LogP contribution in [0.1, 0.15) is 31.1 Å². The Morgan fingerprint density at radius 1 is 1.44 bits per heavy atom. The molecular formula is C10H13Cl2N3O. The first kappa shape index (κ1) is 13.2. The number of carbonyl (C=O) groups excluding carboxylic acids is 1. The molecule has 0 aliphatic heterocycles. The summed E-state index contributed by atoms with van der Waals surface area (Å²) in [5.41, 5.74) is 0.289. The summed E-state index contributed by atoms with van der Waals surface area (Å²) in [6.45, 7) is 6.38. The maximum absolute atomic E-state index is 12.1. The second-order valence-corrected chi connectivity index (χ2v) is 4.30. The van der Waals surface area contributed by atoms with Crippen LogP contribution in [0.25, 0.3) is 0 Å². The van der Waals surface area contributed by atoms with Crippen molar-refractivity contribution in [2.24, 2.45) is 0 Å². The van der Waals surface area contributed by atoms with E-state index in [1.165, 1.54) is 6.07 Å². The minimum Gasteiger partial charge on any atom is -0.336 e. The minimum atomic E-state index is -0.181. The predicted octanol–water partition coefficient (Wildman–Crippen LogP) is 2.65. The lowest BCUT2D eigenvalue weighted by Gasteiger charge is -2.25. The standard InChI is InChI=1S/C10H13Cl2N3O/c1-4-15(6(2)3)10(16)7-5-8(11)13-14-9(7)12/h5-6H,4H2,1-3H3. The number of hydrogen-bond acceptors (Lipinski definition) is 3. The maximum atomic E-state index is 12.1. The molecule has 0 unspecified atom stereocenters. The number of halogens is 2. The van der Waals surface area contributed by atoms with Crippen molar-refractivity contribution in [3.05, 3.63) is 21.9 Å². The van der Waals surface area contributed by atoms with E-state index in [-0.39, 0.29) is 27.8 Å². The van der Waals surface area contributed by atoms with Gasteiger partial charge in [0.15, 0.2) is 10.3 Å². The number of nitrogens with zero attached hydrogens (tertiary/aromatic N) is 3. The summed E-state index contributed by atoms with van der Waals surface area (Å²) >= 11 is 11.5. The van der Waals surface area contributed by atoms with Crippen molar-refractivity contribution < 1.29 is 4.79 Å². The van der Waals surface area contributed by atoms with Crippen LogP contribution in [-0.4, -0.2) is 33.6 Å². The molecule has 6 heteroatoms. The molecule has 0 saturated heterocycles. The van der Waals surface area contributed by atoms with Crippen LogP contribution in [-0.2, 0) is 0 Å². The average molecular weight is 262 g/mol. The SMILES string of the molecule is CCN(C(=O)c1cc(Cl)nnc1Cl)C(C)C. The number of hydrogen-bond donors (Lipinski definition) is 0. The van der Waals surface area contributed by atoms with Gasteiger partial charge in [0.1, 0.15) is 0 Å². The lowest BCUT2D eigenvalue weighted by atomic mass is 10.2. The second kappa shape index (κ2) is 5.46. The first-order valence-corrected chi connectivity index (χ1v) is 5.72. The molecule has 0 fully saturated rings. The molecule has 0 spiro atoms. The molecule has 4 nitrogen and oxygen atoms in total. The van der Waals surface area contributed by atoms with Gasteiger partial charge in [0, 0.05) is 12.6 Å². The van der Waals surface area contributed by atoms with Crippen LogP contribution in [0.3, 0.4) is 0 Å². The fourth-order valence-corrected chi connectivity index (χ4v) is 1.72. The molecule has 1 aromatic heterocycles. The molecule has 0 aromatic carbocycles. The molecule has 0 radical (unpaired) electrons. The van der Waals surface area contributed by atoms with E-state index in [9.17, 15) is 4.79 Å². The third-order valence-electron chi connectivity index (χ3n) is 2.17. The van der Waals surface area contributed by atoms with Gasteiger partial charge in [-0.05, 0) is 26.8 Å². The summed E-state index contributed by atoms with van der Waals surface area (Å²) in [6.07, 6.45) is 0. The zero-order valence-electron chi connectivity index (χ0n) is 9.37. The molecule has 16 heavy (non-hydrogen) atoms. The topological polar surface area (TPSA) is 46.1 Å². The minimum absolute atomic E-state index is 0.0773. The van der Waals surface area contributed by atoms with Crippen molar-refractivity contribution in [2.75, 3.05) is 6.54 Å². The van der Waals surface area contributed by atoms with Gasteiger partial charge in [0.05, 0.1) is 5.56 Å². The van der Waals surface area contributed by atoms with Crippen LogP contribution < -0.4 is 0 Å². The van der Waals surface area contributed by atoms with Gasteiger partial charge in [0.25, 0.3) is 5.91 Å². The molecule has 1 amide bonds. The van der Waals surface area contributed by atoms with Gasteiger partial charge in [-0.15, -0.1) is 10.2 Å². The van der Waals surface area contributed by atoms with E-state index < -0.39 is 0 Å². The fraction of sp³-hybridized carbons (Fsp3) is 0.500. The van der Waals surface area contributed by atoms with E-state index >= 15 is 0 Å². The number of rotatable bonds is 3. The molecule has 0 aliphatic rings. The molecule has 0 N–H and O–H groups in total. The van der Waals surface area contributed by atoms with Crippen molar-refractivity contribution in [3.63, 3.8) is 0 Å². The van der Waals surface area contributed by atoms with Gasteiger partial charge in [-0.2, -0.15) is 0 Å². The van der Waals surface area contributed by atoms with Gasteiger partial charge in [-0.1, -0.05) is 23.2 Å². The van der Waals surface area contributed by atoms with E-state index in [1.54, 1.807) is 4.90 Å². The Hall–Kier alpha value is -0.870. The highest BCUT2D eigenvalue weighted by Crippen LogP contribution is 2.18. The molecule has 0 atom stereocenters. The Balaban J connectivity index is 3.08. The largest absolute Gasteiger partial charge is 0.336 e. The molecule has 0 bridgehead atoms. The zero-order chi connectivity index (χ0) is 12.3. The van der Waals surface area contributed by atoms with Gasteiger partial charge < -0.3 is 4.90 Å². The van der Waals surface area contributed by atoms with Crippen LogP contribution in [0.15, 0.2) is 6.07 Å². The van der Waals surface area contributed by atoms with E-state index in [0.717, 1.165) is 0 Å². The average Bonchev–Trinajstić information content (AvgIpc) is 2.22. The maximum Gasteiger partial charge on any atom is 0.257 e. The highest BCUT2D eigenvalue weighted by atomic mass is 35.5. The van der Waals surface area contributed by atoms with Crippen LogP contribution >= 0.6 is 23.2 Å². The smallest absolute Gasteiger partial charge is 0.257 e. The molecular weight excluding hydrogens is 249 g/mol. The van der Waals surface area contributed by atoms with Crippen LogP contribution in [0.2, 0.25) is 10.3 Å². The van der Waals surface area contributed by atoms with Gasteiger partial charge in [-0.25, -0.2) is 0 Å². The van der Waals surface area contributed by atoms with Crippen molar-refractivity contribution in [1.29, 1.82) is 0 Å². The number of aromatic nitrogens is 2. The second-order valence-electron chi connectivity index (χ2n) is 3.56. The molecule has 0 aliphatic carbocycles. The first-order chi connectivity index (χ1) is 7.47. The number of carbonyl (C=O) groups is 1. The monoisotopic (exact) mass is 261 g/mol. The summed E-state index contributed by atoms with van der Waals surface area (Å²) in [6, 6.07) is 1.53. The van der Waals surface area contributed by atoms with E-state index in [4.69, 9.17) is 23.2 Å². The molecule has 1 heterocycles. The third kappa shape index (κ3) is 2.83. The normalized spacial score (nSPS) is 10.6. The van der Waals surface area contributed by atoms with E-state index in [2.05, 4.69) is 10.2 Å². The van der Waals surface area contributed by atoms with Gasteiger partial charge >= 0.3 is 0 Å². The Morgan fingerprint density at radius 3 is 2.56 bits per heavy atom. The van der Waals surface area contributed by atoms with Crippen molar-refractivity contribution >= 4 is 29.1 Å². The Morgan fingerprint density at radius 2 is 2.06 bits per heavy atom. The van der Waals surface area contributed by atoms with Crippen molar-refractivity contribution in [2.45, 2.75) is 26.8 Å². The predicted molar refractivity (Wildman–Crippen MR) is 63.9 cm³/mol. The van der Waals surface area contributed by atoms with Gasteiger partial charge in [0.2, 0.25) is 0 Å². The summed E-state index contributed by atoms with van der Waals surface area (Å²) < 4.78 is 0. The van der Waals surface area contributed by atoms with Crippen molar-refractivity contribution in [3.8, 4) is 0 Å². The Bertz CT molecular complexity index is 396.